The first-order chi connectivity index (χ1) is 17.4. The maximum atomic E-state index is 13.9. The van der Waals surface area contributed by atoms with Gasteiger partial charge in [0, 0.05) is 25.3 Å². The first-order valence-corrected chi connectivity index (χ1v) is 13.4. The summed E-state index contributed by atoms with van der Waals surface area (Å²) in [7, 11) is 0. The van der Waals surface area contributed by atoms with E-state index in [2.05, 4.69) is 6.92 Å². The van der Waals surface area contributed by atoms with Crippen molar-refractivity contribution in [2.24, 2.45) is 0 Å². The van der Waals surface area contributed by atoms with Gasteiger partial charge in [-0.2, -0.15) is 11.8 Å². The van der Waals surface area contributed by atoms with Crippen LogP contribution in [0.3, 0.4) is 0 Å². The second-order valence-corrected chi connectivity index (χ2v) is 9.31. The average molecular weight is 522 g/mol. The quantitative estimate of drug-likeness (QED) is 0.269. The summed E-state index contributed by atoms with van der Waals surface area (Å²) in [6, 6.07) is 12.9. The number of carbonyl (C=O) groups is 2. The molecule has 0 aliphatic heterocycles. The second-order valence-electron chi connectivity index (χ2n) is 8.08. The highest BCUT2D eigenvalue weighted by Gasteiger charge is 2.19. The van der Waals surface area contributed by atoms with Crippen molar-refractivity contribution < 1.29 is 33.3 Å². The first kappa shape index (κ1) is 29.5. The number of hydrogen-bond donors (Lipinski definition) is 1. The van der Waals surface area contributed by atoms with E-state index in [1.165, 1.54) is 29.5 Å². The third kappa shape index (κ3) is 10.9. The number of carboxylic acids is 1. The van der Waals surface area contributed by atoms with Crippen LogP contribution in [0, 0.1) is 5.82 Å². The highest BCUT2D eigenvalue weighted by Crippen LogP contribution is 2.18. The number of rotatable bonds is 17. The predicted octanol–water partition coefficient (Wildman–Crippen LogP) is 5.66. The Morgan fingerprint density at radius 1 is 1.03 bits per heavy atom. The number of aliphatic carboxylic acids is 1. The third-order valence-corrected chi connectivity index (χ3v) is 6.36. The van der Waals surface area contributed by atoms with Crippen LogP contribution in [0.2, 0.25) is 0 Å². The van der Waals surface area contributed by atoms with Crippen LogP contribution in [-0.2, 0) is 16.0 Å². The molecule has 0 heterocycles. The van der Waals surface area contributed by atoms with Crippen molar-refractivity contribution in [1.29, 1.82) is 0 Å². The summed E-state index contributed by atoms with van der Waals surface area (Å²) in [5.74, 6) is 0.673. The average Bonchev–Trinajstić information content (AvgIpc) is 2.87. The van der Waals surface area contributed by atoms with Gasteiger partial charge in [-0.3, -0.25) is 0 Å². The fraction of sp³-hybridized carbons (Fsp3) is 0.481. The van der Waals surface area contributed by atoms with Crippen LogP contribution in [0.5, 0.6) is 11.5 Å². The number of thioether (sulfide) groups is 1. The van der Waals surface area contributed by atoms with E-state index in [-0.39, 0.29) is 25.3 Å². The van der Waals surface area contributed by atoms with Crippen LogP contribution in [0.1, 0.15) is 38.7 Å². The van der Waals surface area contributed by atoms with E-state index in [0.717, 1.165) is 29.9 Å². The van der Waals surface area contributed by atoms with Crippen molar-refractivity contribution >= 4 is 23.8 Å². The SMILES string of the molecule is CCCCCSCCN(CCOc1ccc(CC(OCC)C(=O)O)cc1)C(=O)Oc1ccccc1F. The van der Waals surface area contributed by atoms with Gasteiger partial charge in [-0.05, 0) is 48.9 Å². The van der Waals surface area contributed by atoms with Gasteiger partial charge in [-0.1, -0.05) is 44.0 Å². The molecule has 0 bridgehead atoms. The van der Waals surface area contributed by atoms with Crippen LogP contribution in [0.15, 0.2) is 48.5 Å². The molecule has 2 aromatic rings. The molecule has 1 atom stereocenters. The van der Waals surface area contributed by atoms with E-state index in [1.54, 1.807) is 49.0 Å². The Kier molecular flexibility index (Phi) is 13.8. The number of ether oxygens (including phenoxy) is 3. The smallest absolute Gasteiger partial charge is 0.415 e. The highest BCUT2D eigenvalue weighted by atomic mass is 32.2. The van der Waals surface area contributed by atoms with Crippen molar-refractivity contribution in [3.05, 3.63) is 59.9 Å². The van der Waals surface area contributed by atoms with E-state index in [0.29, 0.717) is 18.9 Å². The summed E-state index contributed by atoms with van der Waals surface area (Å²) >= 11 is 1.77. The molecule has 2 aromatic carbocycles. The van der Waals surface area contributed by atoms with Gasteiger partial charge in [0.25, 0.3) is 0 Å². The van der Waals surface area contributed by atoms with Gasteiger partial charge in [-0.25, -0.2) is 14.0 Å². The summed E-state index contributed by atoms with van der Waals surface area (Å²) in [4.78, 5) is 25.5. The van der Waals surface area contributed by atoms with Gasteiger partial charge in [-0.15, -0.1) is 0 Å². The summed E-state index contributed by atoms with van der Waals surface area (Å²) in [6.45, 7) is 5.20. The molecule has 0 fully saturated rings. The molecule has 0 spiro atoms. The molecule has 7 nitrogen and oxygen atoms in total. The minimum Gasteiger partial charge on any atom is -0.492 e. The molecular formula is C27H36FNO6S. The molecule has 0 aliphatic carbocycles. The minimum absolute atomic E-state index is 0.105. The van der Waals surface area contributed by atoms with Gasteiger partial charge in [0.2, 0.25) is 0 Å². The fourth-order valence-corrected chi connectivity index (χ4v) is 4.30. The second kappa shape index (κ2) is 16.8. The number of carboxylic acid groups (broad SMARTS) is 1. The summed E-state index contributed by atoms with van der Waals surface area (Å²) in [5, 5.41) is 9.24. The number of amides is 1. The van der Waals surface area contributed by atoms with Gasteiger partial charge in [0.05, 0.1) is 6.54 Å². The molecule has 36 heavy (non-hydrogen) atoms. The van der Waals surface area contributed by atoms with E-state index in [9.17, 15) is 19.1 Å². The molecule has 0 saturated heterocycles. The van der Waals surface area contributed by atoms with Crippen molar-refractivity contribution in [3.8, 4) is 11.5 Å². The molecule has 9 heteroatoms. The van der Waals surface area contributed by atoms with E-state index in [1.807, 2.05) is 0 Å². The molecule has 1 N–H and O–H groups in total. The Balaban J connectivity index is 1.90. The molecule has 1 amide bonds. The lowest BCUT2D eigenvalue weighted by Crippen LogP contribution is -2.38. The molecule has 198 valence electrons. The number of hydrogen-bond acceptors (Lipinski definition) is 6. The zero-order valence-electron chi connectivity index (χ0n) is 21.0. The molecule has 0 aromatic heterocycles. The lowest BCUT2D eigenvalue weighted by atomic mass is 10.1. The molecule has 0 aliphatic rings. The van der Waals surface area contributed by atoms with E-state index >= 15 is 0 Å². The monoisotopic (exact) mass is 521 g/mol. The number of carbonyl (C=O) groups excluding carboxylic acids is 1. The standard InChI is InChI=1S/C27H36FNO6S/c1-3-5-8-18-36-19-16-29(27(32)35-24-10-7-6-9-23(24)28)15-17-34-22-13-11-21(12-14-22)20-25(26(30)31)33-4-2/h6-7,9-14,25H,3-5,8,15-20H2,1-2H3,(H,30,31). The first-order valence-electron chi connectivity index (χ1n) is 12.3. The summed E-state index contributed by atoms with van der Waals surface area (Å²) in [6.07, 6.45) is 2.22. The van der Waals surface area contributed by atoms with Crippen LogP contribution in [0.25, 0.3) is 0 Å². The lowest BCUT2D eigenvalue weighted by Gasteiger charge is -2.22. The maximum Gasteiger partial charge on any atom is 0.415 e. The number of halogens is 1. The van der Waals surface area contributed by atoms with Crippen molar-refractivity contribution in [2.45, 2.75) is 45.6 Å². The molecule has 0 saturated carbocycles. The van der Waals surface area contributed by atoms with Gasteiger partial charge in [0.15, 0.2) is 17.7 Å². The normalized spacial score (nSPS) is 11.6. The zero-order valence-corrected chi connectivity index (χ0v) is 21.8. The van der Waals surface area contributed by atoms with E-state index < -0.39 is 24.0 Å². The largest absolute Gasteiger partial charge is 0.492 e. The Labute approximate surface area is 216 Å². The van der Waals surface area contributed by atoms with E-state index in [4.69, 9.17) is 14.2 Å². The Bertz CT molecular complexity index is 927. The third-order valence-electron chi connectivity index (χ3n) is 5.31. The van der Waals surface area contributed by atoms with Crippen LogP contribution < -0.4 is 9.47 Å². The Morgan fingerprint density at radius 2 is 1.78 bits per heavy atom. The number of benzene rings is 2. The summed E-state index contributed by atoms with van der Waals surface area (Å²) in [5.41, 5.74) is 0.818. The van der Waals surface area contributed by atoms with Crippen molar-refractivity contribution in [2.75, 3.05) is 37.8 Å². The van der Waals surface area contributed by atoms with Gasteiger partial charge < -0.3 is 24.2 Å². The van der Waals surface area contributed by atoms with Crippen molar-refractivity contribution in [1.82, 2.24) is 4.90 Å². The number of unbranched alkanes of at least 4 members (excludes halogenated alkanes) is 2. The highest BCUT2D eigenvalue weighted by molar-refractivity contribution is 7.99. The lowest BCUT2D eigenvalue weighted by molar-refractivity contribution is -0.149. The Morgan fingerprint density at radius 3 is 2.44 bits per heavy atom. The van der Waals surface area contributed by atoms with Crippen LogP contribution >= 0.6 is 11.8 Å². The molecular weight excluding hydrogens is 485 g/mol. The summed E-state index contributed by atoms with van der Waals surface area (Å²) < 4.78 is 30.3. The molecule has 0 radical (unpaired) electrons. The van der Waals surface area contributed by atoms with Crippen LogP contribution in [0.4, 0.5) is 9.18 Å². The van der Waals surface area contributed by atoms with Crippen LogP contribution in [-0.4, -0.2) is 66.0 Å². The van der Waals surface area contributed by atoms with Gasteiger partial charge >= 0.3 is 12.1 Å². The Hall–Kier alpha value is -2.78. The topological polar surface area (TPSA) is 85.3 Å². The number of nitrogens with zero attached hydrogens (tertiary/aromatic N) is 1. The molecule has 1 unspecified atom stereocenters. The molecule has 2 rings (SSSR count). The fourth-order valence-electron chi connectivity index (χ4n) is 3.34. The number of para-hydroxylation sites is 1. The van der Waals surface area contributed by atoms with Gasteiger partial charge in [0.1, 0.15) is 12.4 Å². The predicted molar refractivity (Wildman–Crippen MR) is 140 cm³/mol. The zero-order chi connectivity index (χ0) is 26.2. The van der Waals surface area contributed by atoms with Crippen molar-refractivity contribution in [3.63, 3.8) is 0 Å². The maximum absolute atomic E-state index is 13.9. The minimum atomic E-state index is -0.997.